The molecule has 4 rings (SSSR count). The summed E-state index contributed by atoms with van der Waals surface area (Å²) in [7, 11) is -3.52. The molecule has 162 valence electrons. The predicted octanol–water partition coefficient (Wildman–Crippen LogP) is 1.42. The van der Waals surface area contributed by atoms with Gasteiger partial charge in [-0.2, -0.15) is 4.31 Å². The number of rotatable bonds is 5. The van der Waals surface area contributed by atoms with Crippen LogP contribution in [0, 0.1) is 5.92 Å². The first kappa shape index (κ1) is 21.3. The summed E-state index contributed by atoms with van der Waals surface area (Å²) in [5, 5.41) is 5.17. The maximum Gasteiger partial charge on any atom is 0.275 e. The summed E-state index contributed by atoms with van der Waals surface area (Å²) in [5.74, 6) is 0.635. The third kappa shape index (κ3) is 4.68. The standard InChI is InChI=1S/C23H31N3O3S/c1-18-6-2-5-9-22(18)24-23(27)17-25-12-14-26(15-13-25)30(28,29)21-11-10-19-7-3-4-8-20(19)16-21/h3-4,7-8,10-11,16,18,22H,2,5-6,9,12-15,17H2,1H3,(H,24,27)/p+1/t18-,22+/m0/s1. The zero-order valence-corrected chi connectivity index (χ0v) is 18.5. The smallest absolute Gasteiger partial charge is 0.275 e. The molecule has 2 atom stereocenters. The Morgan fingerprint density at radius 2 is 1.77 bits per heavy atom. The van der Waals surface area contributed by atoms with Crippen LogP contribution in [0.25, 0.3) is 10.8 Å². The first-order valence-corrected chi connectivity index (χ1v) is 12.5. The van der Waals surface area contributed by atoms with Gasteiger partial charge in [0.2, 0.25) is 10.0 Å². The monoisotopic (exact) mass is 430 g/mol. The molecule has 2 aromatic carbocycles. The third-order valence-electron chi connectivity index (χ3n) is 6.66. The Morgan fingerprint density at radius 3 is 2.50 bits per heavy atom. The summed E-state index contributed by atoms with van der Waals surface area (Å²) in [5.41, 5.74) is 0. The molecule has 0 radical (unpaired) electrons. The fraction of sp³-hybridized carbons (Fsp3) is 0.522. The van der Waals surface area contributed by atoms with Gasteiger partial charge in [0.1, 0.15) is 0 Å². The van der Waals surface area contributed by atoms with E-state index >= 15 is 0 Å². The highest BCUT2D eigenvalue weighted by Crippen LogP contribution is 2.24. The number of sulfonamides is 1. The first-order valence-electron chi connectivity index (χ1n) is 11.1. The van der Waals surface area contributed by atoms with Crippen LogP contribution >= 0.6 is 0 Å². The van der Waals surface area contributed by atoms with Crippen molar-refractivity contribution in [2.24, 2.45) is 5.92 Å². The van der Waals surface area contributed by atoms with Crippen molar-refractivity contribution in [3.8, 4) is 0 Å². The van der Waals surface area contributed by atoms with Gasteiger partial charge in [0.25, 0.3) is 5.91 Å². The summed E-state index contributed by atoms with van der Waals surface area (Å²) < 4.78 is 27.7. The number of piperazine rings is 1. The van der Waals surface area contributed by atoms with Crippen molar-refractivity contribution >= 4 is 26.7 Å². The Morgan fingerprint density at radius 1 is 1.07 bits per heavy atom. The number of hydrogen-bond acceptors (Lipinski definition) is 3. The molecule has 1 heterocycles. The molecule has 0 aromatic heterocycles. The summed E-state index contributed by atoms with van der Waals surface area (Å²) in [4.78, 5) is 14.0. The lowest BCUT2D eigenvalue weighted by Crippen LogP contribution is -3.15. The van der Waals surface area contributed by atoms with Gasteiger partial charge in [-0.3, -0.25) is 4.79 Å². The van der Waals surface area contributed by atoms with E-state index in [1.165, 1.54) is 19.3 Å². The maximum atomic E-state index is 13.1. The quantitative estimate of drug-likeness (QED) is 0.754. The van der Waals surface area contributed by atoms with Crippen LogP contribution < -0.4 is 10.2 Å². The number of nitrogens with one attached hydrogen (secondary N) is 2. The van der Waals surface area contributed by atoms with Crippen molar-refractivity contribution in [1.82, 2.24) is 9.62 Å². The van der Waals surface area contributed by atoms with Crippen LogP contribution in [-0.2, 0) is 14.8 Å². The Labute approximate surface area is 179 Å². The average molecular weight is 431 g/mol. The molecule has 0 spiro atoms. The predicted molar refractivity (Wildman–Crippen MR) is 118 cm³/mol. The Kier molecular flexibility index (Phi) is 6.41. The molecule has 0 bridgehead atoms. The number of benzene rings is 2. The minimum atomic E-state index is -3.52. The molecular weight excluding hydrogens is 398 g/mol. The van der Waals surface area contributed by atoms with E-state index in [0.29, 0.717) is 49.6 Å². The molecule has 1 saturated heterocycles. The second-order valence-electron chi connectivity index (χ2n) is 8.78. The lowest BCUT2D eigenvalue weighted by atomic mass is 9.86. The Bertz CT molecular complexity index is 1000. The van der Waals surface area contributed by atoms with Crippen molar-refractivity contribution in [2.75, 3.05) is 32.7 Å². The van der Waals surface area contributed by atoms with Gasteiger partial charge in [-0.1, -0.05) is 50.1 Å². The van der Waals surface area contributed by atoms with Crippen LogP contribution in [0.1, 0.15) is 32.6 Å². The van der Waals surface area contributed by atoms with Crippen LogP contribution in [0.5, 0.6) is 0 Å². The lowest BCUT2D eigenvalue weighted by Gasteiger charge is -2.33. The van der Waals surface area contributed by atoms with Gasteiger partial charge in [0.15, 0.2) is 6.54 Å². The number of carbonyl (C=O) groups is 1. The number of nitrogens with zero attached hydrogens (tertiary/aromatic N) is 1. The highest BCUT2D eigenvalue weighted by atomic mass is 32.2. The molecule has 1 aliphatic carbocycles. The molecule has 30 heavy (non-hydrogen) atoms. The Hall–Kier alpha value is -1.96. The van der Waals surface area contributed by atoms with Gasteiger partial charge >= 0.3 is 0 Å². The van der Waals surface area contributed by atoms with E-state index in [4.69, 9.17) is 0 Å². The molecule has 7 heteroatoms. The minimum Gasteiger partial charge on any atom is -0.348 e. The van der Waals surface area contributed by atoms with Crippen molar-refractivity contribution in [2.45, 2.75) is 43.5 Å². The highest BCUT2D eigenvalue weighted by molar-refractivity contribution is 7.89. The molecule has 1 saturated carbocycles. The zero-order valence-electron chi connectivity index (χ0n) is 17.6. The molecular formula is C23H32N3O3S+. The van der Waals surface area contributed by atoms with Crippen LogP contribution in [0.2, 0.25) is 0 Å². The second kappa shape index (κ2) is 9.04. The maximum absolute atomic E-state index is 13.1. The number of quaternary nitrogens is 1. The van der Waals surface area contributed by atoms with E-state index in [9.17, 15) is 13.2 Å². The largest absolute Gasteiger partial charge is 0.348 e. The molecule has 6 nitrogen and oxygen atoms in total. The van der Waals surface area contributed by atoms with E-state index in [1.54, 1.807) is 16.4 Å². The van der Waals surface area contributed by atoms with Crippen molar-refractivity contribution in [3.05, 3.63) is 42.5 Å². The summed E-state index contributed by atoms with van der Waals surface area (Å²) in [6.07, 6.45) is 4.70. The third-order valence-corrected chi connectivity index (χ3v) is 8.55. The van der Waals surface area contributed by atoms with Crippen molar-refractivity contribution in [3.63, 3.8) is 0 Å². The molecule has 0 unspecified atom stereocenters. The normalized spacial score (nSPS) is 24.0. The van der Waals surface area contributed by atoms with Gasteiger partial charge in [-0.25, -0.2) is 8.42 Å². The molecule has 2 N–H and O–H groups in total. The summed E-state index contributed by atoms with van der Waals surface area (Å²) in [6.45, 7) is 4.83. The molecule has 2 aromatic rings. The molecule has 2 fully saturated rings. The Balaban J connectivity index is 1.33. The summed E-state index contributed by atoms with van der Waals surface area (Å²) >= 11 is 0. The zero-order chi connectivity index (χ0) is 21.1. The van der Waals surface area contributed by atoms with Gasteiger partial charge in [0.05, 0.1) is 31.1 Å². The number of hydrogen-bond donors (Lipinski definition) is 2. The molecule has 1 aliphatic heterocycles. The van der Waals surface area contributed by atoms with Crippen LogP contribution in [-0.4, -0.2) is 57.4 Å². The SMILES string of the molecule is C[C@H]1CCCC[C@H]1NC(=O)C[NH+]1CCN(S(=O)(=O)c2ccc3ccccc3c2)CC1. The highest BCUT2D eigenvalue weighted by Gasteiger charge is 2.32. The summed E-state index contributed by atoms with van der Waals surface area (Å²) in [6, 6.07) is 13.4. The topological polar surface area (TPSA) is 70.9 Å². The van der Waals surface area contributed by atoms with Crippen LogP contribution in [0.4, 0.5) is 0 Å². The fourth-order valence-electron chi connectivity index (χ4n) is 4.71. The number of carbonyl (C=O) groups excluding carboxylic acids is 1. The van der Waals surface area contributed by atoms with E-state index in [2.05, 4.69) is 12.2 Å². The average Bonchev–Trinajstić information content (AvgIpc) is 2.75. The van der Waals surface area contributed by atoms with E-state index in [1.807, 2.05) is 30.3 Å². The molecule has 1 amide bonds. The molecule has 2 aliphatic rings. The van der Waals surface area contributed by atoms with E-state index < -0.39 is 10.0 Å². The van der Waals surface area contributed by atoms with Gasteiger partial charge < -0.3 is 10.2 Å². The lowest BCUT2D eigenvalue weighted by molar-refractivity contribution is -0.895. The number of fused-ring (bicyclic) bond motifs is 1. The second-order valence-corrected chi connectivity index (χ2v) is 10.7. The van der Waals surface area contributed by atoms with Gasteiger partial charge in [-0.05, 0) is 41.7 Å². The minimum absolute atomic E-state index is 0.0922. The van der Waals surface area contributed by atoms with Gasteiger partial charge in [0, 0.05) is 6.04 Å². The van der Waals surface area contributed by atoms with Crippen LogP contribution in [0.15, 0.2) is 47.4 Å². The van der Waals surface area contributed by atoms with Crippen molar-refractivity contribution < 1.29 is 18.1 Å². The van der Waals surface area contributed by atoms with E-state index in [-0.39, 0.29) is 5.91 Å². The van der Waals surface area contributed by atoms with Gasteiger partial charge in [-0.15, -0.1) is 0 Å². The first-order chi connectivity index (χ1) is 14.4. The van der Waals surface area contributed by atoms with E-state index in [0.717, 1.165) is 22.1 Å². The fourth-order valence-corrected chi connectivity index (χ4v) is 6.19. The number of amides is 1. The van der Waals surface area contributed by atoms with Crippen LogP contribution in [0.3, 0.4) is 0 Å². The van der Waals surface area contributed by atoms with Crippen molar-refractivity contribution in [1.29, 1.82) is 0 Å².